The summed E-state index contributed by atoms with van der Waals surface area (Å²) >= 11 is 2.88. The number of halogens is 1. The highest BCUT2D eigenvalue weighted by molar-refractivity contribution is 9.10. The van der Waals surface area contributed by atoms with Gasteiger partial charge in [-0.2, -0.15) is 0 Å². The Balaban J connectivity index is 3.39. The molecule has 0 aliphatic rings. The van der Waals surface area contributed by atoms with Crippen LogP contribution in [0, 0.1) is 10.1 Å². The second-order valence-electron chi connectivity index (χ2n) is 1.91. The van der Waals surface area contributed by atoms with E-state index in [1.165, 1.54) is 12.3 Å². The molecular weight excluding hydrogens is 228 g/mol. The van der Waals surface area contributed by atoms with E-state index in [1.807, 2.05) is 0 Å². The number of hydrogen-bond acceptors (Lipinski definition) is 4. The highest BCUT2D eigenvalue weighted by Crippen LogP contribution is 2.24. The molecule has 0 saturated heterocycles. The van der Waals surface area contributed by atoms with Gasteiger partial charge in [-0.05, 0) is 22.0 Å². The van der Waals surface area contributed by atoms with Gasteiger partial charge in [-0.25, -0.2) is 4.98 Å². The number of pyridine rings is 1. The fraction of sp³-hybridized carbons (Fsp3) is 0. The van der Waals surface area contributed by atoms with Gasteiger partial charge >= 0.3 is 5.69 Å². The molecule has 6 heteroatoms. The number of aromatic nitrogens is 1. The molecule has 0 amide bonds. The Bertz CT molecular complexity index is 340. The van der Waals surface area contributed by atoms with Crippen molar-refractivity contribution in [3.63, 3.8) is 0 Å². The SMILES string of the molecule is O=Cc1ccnc(Br)c1[N+](=O)[O-]. The van der Waals surface area contributed by atoms with E-state index in [9.17, 15) is 14.9 Å². The Morgan fingerprint density at radius 2 is 2.33 bits per heavy atom. The zero-order chi connectivity index (χ0) is 9.14. The number of nitro groups is 1. The predicted octanol–water partition coefficient (Wildman–Crippen LogP) is 1.56. The van der Waals surface area contributed by atoms with Crippen molar-refractivity contribution in [2.75, 3.05) is 0 Å². The summed E-state index contributed by atoms with van der Waals surface area (Å²) in [6.07, 6.45) is 1.74. The molecule has 0 aliphatic carbocycles. The summed E-state index contributed by atoms with van der Waals surface area (Å²) in [6.45, 7) is 0. The predicted molar refractivity (Wildman–Crippen MR) is 44.0 cm³/mol. The lowest BCUT2D eigenvalue weighted by Crippen LogP contribution is -1.96. The quantitative estimate of drug-likeness (QED) is 0.335. The number of carbonyl (C=O) groups is 1. The minimum Gasteiger partial charge on any atom is -0.298 e. The summed E-state index contributed by atoms with van der Waals surface area (Å²) in [4.78, 5) is 23.7. The lowest BCUT2D eigenvalue weighted by Gasteiger charge is -1.95. The molecule has 0 aromatic carbocycles. The van der Waals surface area contributed by atoms with Crippen LogP contribution in [0.15, 0.2) is 16.9 Å². The van der Waals surface area contributed by atoms with E-state index in [2.05, 4.69) is 20.9 Å². The second kappa shape index (κ2) is 3.40. The third kappa shape index (κ3) is 1.48. The number of hydrogen-bond donors (Lipinski definition) is 0. The first kappa shape index (κ1) is 8.79. The summed E-state index contributed by atoms with van der Waals surface area (Å²) in [5.74, 6) is 0. The molecule has 0 aliphatic heterocycles. The van der Waals surface area contributed by atoms with Crippen molar-refractivity contribution < 1.29 is 9.72 Å². The summed E-state index contributed by atoms with van der Waals surface area (Å²) in [5, 5.41) is 10.4. The lowest BCUT2D eigenvalue weighted by molar-refractivity contribution is -0.386. The van der Waals surface area contributed by atoms with Gasteiger partial charge in [-0.3, -0.25) is 14.9 Å². The molecule has 12 heavy (non-hydrogen) atoms. The monoisotopic (exact) mass is 230 g/mol. The number of aldehydes is 1. The lowest BCUT2D eigenvalue weighted by atomic mass is 10.2. The molecule has 1 aromatic rings. The van der Waals surface area contributed by atoms with Crippen molar-refractivity contribution >= 4 is 27.9 Å². The van der Waals surface area contributed by atoms with Crippen LogP contribution in [-0.2, 0) is 0 Å². The first-order valence-corrected chi connectivity index (χ1v) is 3.70. The average molecular weight is 231 g/mol. The molecule has 0 radical (unpaired) electrons. The molecule has 1 heterocycles. The zero-order valence-corrected chi connectivity index (χ0v) is 7.32. The molecule has 0 N–H and O–H groups in total. The van der Waals surface area contributed by atoms with E-state index >= 15 is 0 Å². The van der Waals surface area contributed by atoms with E-state index in [1.54, 1.807) is 0 Å². The minimum atomic E-state index is -0.652. The van der Waals surface area contributed by atoms with Crippen molar-refractivity contribution in [2.24, 2.45) is 0 Å². The van der Waals surface area contributed by atoms with Crippen molar-refractivity contribution in [1.82, 2.24) is 4.98 Å². The molecule has 0 spiro atoms. The van der Waals surface area contributed by atoms with Crippen molar-refractivity contribution in [3.05, 3.63) is 32.5 Å². The van der Waals surface area contributed by atoms with Crippen LogP contribution in [0.25, 0.3) is 0 Å². The smallest absolute Gasteiger partial charge is 0.298 e. The Morgan fingerprint density at radius 3 is 2.75 bits per heavy atom. The standard InChI is InChI=1S/C6H3BrN2O3/c7-6-5(9(11)12)4(3-10)1-2-8-6/h1-3H. The first-order chi connectivity index (χ1) is 5.66. The van der Waals surface area contributed by atoms with Gasteiger partial charge in [0, 0.05) is 6.20 Å². The molecule has 0 fully saturated rings. The molecule has 0 unspecified atom stereocenters. The maximum absolute atomic E-state index is 10.4. The average Bonchev–Trinajstić information content (AvgIpc) is 2.03. The normalized spacial score (nSPS) is 9.42. The highest BCUT2D eigenvalue weighted by atomic mass is 79.9. The summed E-state index contributed by atoms with van der Waals surface area (Å²) in [7, 11) is 0. The Morgan fingerprint density at radius 1 is 1.67 bits per heavy atom. The maximum atomic E-state index is 10.4. The van der Waals surface area contributed by atoms with Gasteiger partial charge in [0.15, 0.2) is 10.9 Å². The Labute approximate surface area is 75.7 Å². The Hall–Kier alpha value is -1.30. The van der Waals surface area contributed by atoms with Gasteiger partial charge in [0.05, 0.1) is 10.5 Å². The highest BCUT2D eigenvalue weighted by Gasteiger charge is 2.18. The second-order valence-corrected chi connectivity index (χ2v) is 2.67. The molecule has 0 bridgehead atoms. The van der Waals surface area contributed by atoms with Crippen molar-refractivity contribution in [1.29, 1.82) is 0 Å². The zero-order valence-electron chi connectivity index (χ0n) is 5.73. The van der Waals surface area contributed by atoms with Gasteiger partial charge in [0.25, 0.3) is 0 Å². The topological polar surface area (TPSA) is 73.1 Å². The number of carbonyl (C=O) groups excluding carboxylic acids is 1. The van der Waals surface area contributed by atoms with Gasteiger partial charge in [-0.1, -0.05) is 0 Å². The van der Waals surface area contributed by atoms with Crippen LogP contribution in [0.4, 0.5) is 5.69 Å². The van der Waals surface area contributed by atoms with Crippen LogP contribution in [0.2, 0.25) is 0 Å². The van der Waals surface area contributed by atoms with Crippen LogP contribution in [0.1, 0.15) is 10.4 Å². The number of rotatable bonds is 2. The van der Waals surface area contributed by atoms with E-state index in [4.69, 9.17) is 0 Å². The van der Waals surface area contributed by atoms with E-state index in [0.29, 0.717) is 6.29 Å². The fourth-order valence-electron chi connectivity index (χ4n) is 0.718. The molecule has 0 atom stereocenters. The van der Waals surface area contributed by atoms with Gasteiger partial charge < -0.3 is 0 Å². The third-order valence-corrected chi connectivity index (χ3v) is 1.80. The van der Waals surface area contributed by atoms with Crippen LogP contribution in [0.5, 0.6) is 0 Å². The summed E-state index contributed by atoms with van der Waals surface area (Å²) in [6, 6.07) is 1.29. The summed E-state index contributed by atoms with van der Waals surface area (Å²) < 4.78 is 0.0668. The van der Waals surface area contributed by atoms with Crippen LogP contribution in [0.3, 0.4) is 0 Å². The third-order valence-electron chi connectivity index (χ3n) is 1.22. The first-order valence-electron chi connectivity index (χ1n) is 2.91. The maximum Gasteiger partial charge on any atom is 0.312 e. The molecule has 1 rings (SSSR count). The minimum absolute atomic E-state index is 0.0156. The van der Waals surface area contributed by atoms with Crippen molar-refractivity contribution in [3.8, 4) is 0 Å². The van der Waals surface area contributed by atoms with E-state index in [-0.39, 0.29) is 15.9 Å². The summed E-state index contributed by atoms with van der Waals surface area (Å²) in [5.41, 5.74) is -0.283. The molecule has 62 valence electrons. The van der Waals surface area contributed by atoms with Gasteiger partial charge in [0.1, 0.15) is 0 Å². The van der Waals surface area contributed by atoms with E-state index in [0.717, 1.165) is 0 Å². The molecule has 5 nitrogen and oxygen atoms in total. The largest absolute Gasteiger partial charge is 0.312 e. The van der Waals surface area contributed by atoms with Crippen LogP contribution < -0.4 is 0 Å². The van der Waals surface area contributed by atoms with Crippen LogP contribution >= 0.6 is 15.9 Å². The molecule has 0 saturated carbocycles. The van der Waals surface area contributed by atoms with E-state index < -0.39 is 4.92 Å². The van der Waals surface area contributed by atoms with Gasteiger partial charge in [-0.15, -0.1) is 0 Å². The molecule has 1 aromatic heterocycles. The van der Waals surface area contributed by atoms with Crippen molar-refractivity contribution in [2.45, 2.75) is 0 Å². The number of nitrogens with zero attached hydrogens (tertiary/aromatic N) is 2. The van der Waals surface area contributed by atoms with Crippen LogP contribution in [-0.4, -0.2) is 16.2 Å². The molecular formula is C6H3BrN2O3. The Kier molecular flexibility index (Phi) is 2.49. The fourth-order valence-corrected chi connectivity index (χ4v) is 1.21. The van der Waals surface area contributed by atoms with Gasteiger partial charge in [0.2, 0.25) is 0 Å².